The first-order valence-corrected chi connectivity index (χ1v) is 5.22. The van der Waals surface area contributed by atoms with E-state index in [9.17, 15) is 0 Å². The summed E-state index contributed by atoms with van der Waals surface area (Å²) in [6.07, 6.45) is 8.98. The summed E-state index contributed by atoms with van der Waals surface area (Å²) >= 11 is 0. The molecule has 0 N–H and O–H groups in total. The molecule has 0 fully saturated rings. The lowest BCUT2D eigenvalue weighted by Gasteiger charge is -2.14. The van der Waals surface area contributed by atoms with Crippen LogP contribution >= 0.6 is 0 Å². The minimum absolute atomic E-state index is 0.551. The maximum absolute atomic E-state index is 5.68. The first-order chi connectivity index (χ1) is 7.24. The van der Waals surface area contributed by atoms with E-state index in [1.807, 2.05) is 37.4 Å². The van der Waals surface area contributed by atoms with Gasteiger partial charge in [0.2, 0.25) is 5.88 Å². The highest BCUT2D eigenvalue weighted by Crippen LogP contribution is 2.20. The van der Waals surface area contributed by atoms with Crippen molar-refractivity contribution >= 4 is 0 Å². The smallest absolute Gasteiger partial charge is 0.218 e. The lowest BCUT2D eigenvalue weighted by molar-refractivity contribution is 0.371. The highest BCUT2D eigenvalue weighted by molar-refractivity contribution is 5.22. The Labute approximate surface area is 90.3 Å². The average molecular weight is 201 g/mol. The van der Waals surface area contributed by atoms with Gasteiger partial charge in [-0.05, 0) is 24.5 Å². The molecule has 0 radical (unpaired) electrons. The van der Waals surface area contributed by atoms with Gasteiger partial charge in [0.1, 0.15) is 5.76 Å². The number of hydrogen-bond acceptors (Lipinski definition) is 2. The van der Waals surface area contributed by atoms with Gasteiger partial charge in [0.25, 0.3) is 0 Å². The molecule has 0 bridgehead atoms. The molecule has 1 aliphatic rings. The normalized spacial score (nSPS) is 19.9. The minimum Gasteiger partial charge on any atom is -0.443 e. The molecule has 2 heteroatoms. The third-order valence-electron chi connectivity index (χ3n) is 2.36. The van der Waals surface area contributed by atoms with E-state index in [2.05, 4.69) is 18.0 Å². The maximum Gasteiger partial charge on any atom is 0.218 e. The molecule has 1 aliphatic carbocycles. The van der Waals surface area contributed by atoms with E-state index >= 15 is 0 Å². The first kappa shape index (κ1) is 9.97. The van der Waals surface area contributed by atoms with Gasteiger partial charge in [-0.2, -0.15) is 0 Å². The van der Waals surface area contributed by atoms with Gasteiger partial charge in [-0.1, -0.05) is 25.1 Å². The SMILES string of the molecule is Cc1ccc(OC2=CC=CC(C)C2)nc1. The number of ether oxygens (including phenoxy) is 1. The van der Waals surface area contributed by atoms with Crippen molar-refractivity contribution in [3.8, 4) is 5.88 Å². The van der Waals surface area contributed by atoms with Crippen molar-refractivity contribution in [3.05, 3.63) is 47.9 Å². The molecule has 1 heterocycles. The second-order valence-electron chi connectivity index (χ2n) is 3.98. The zero-order valence-corrected chi connectivity index (χ0v) is 9.10. The maximum atomic E-state index is 5.68. The van der Waals surface area contributed by atoms with Crippen LogP contribution in [0, 0.1) is 12.8 Å². The molecule has 1 atom stereocenters. The molecule has 0 aliphatic heterocycles. The number of allylic oxidation sites excluding steroid dienone is 4. The molecule has 0 saturated heterocycles. The third-order valence-corrected chi connectivity index (χ3v) is 2.36. The van der Waals surface area contributed by atoms with Crippen molar-refractivity contribution in [2.24, 2.45) is 5.92 Å². The largest absolute Gasteiger partial charge is 0.443 e. The van der Waals surface area contributed by atoms with Crippen LogP contribution in [-0.2, 0) is 0 Å². The van der Waals surface area contributed by atoms with Gasteiger partial charge in [0, 0.05) is 18.7 Å². The fourth-order valence-electron chi connectivity index (χ4n) is 1.53. The molecule has 0 amide bonds. The van der Waals surface area contributed by atoms with Gasteiger partial charge in [-0.25, -0.2) is 4.98 Å². The molecule has 78 valence electrons. The lowest BCUT2D eigenvalue weighted by Crippen LogP contribution is -2.04. The van der Waals surface area contributed by atoms with Crippen LogP contribution in [0.3, 0.4) is 0 Å². The summed E-state index contributed by atoms with van der Waals surface area (Å²) < 4.78 is 5.68. The molecule has 1 aromatic heterocycles. The van der Waals surface area contributed by atoms with Crippen LogP contribution in [0.5, 0.6) is 5.88 Å². The van der Waals surface area contributed by atoms with Crippen LogP contribution in [0.4, 0.5) is 0 Å². The van der Waals surface area contributed by atoms with Crippen LogP contribution in [0.2, 0.25) is 0 Å². The molecule has 15 heavy (non-hydrogen) atoms. The molecular weight excluding hydrogens is 186 g/mol. The molecular formula is C13H15NO. The summed E-state index contributed by atoms with van der Waals surface area (Å²) in [6, 6.07) is 3.91. The molecule has 0 saturated carbocycles. The highest BCUT2D eigenvalue weighted by atomic mass is 16.5. The molecule has 0 spiro atoms. The zero-order chi connectivity index (χ0) is 10.7. The number of hydrogen-bond donors (Lipinski definition) is 0. The number of aromatic nitrogens is 1. The molecule has 2 nitrogen and oxygen atoms in total. The Morgan fingerprint density at radius 3 is 2.93 bits per heavy atom. The number of rotatable bonds is 2. The summed E-state index contributed by atoms with van der Waals surface area (Å²) in [5, 5.41) is 0. The van der Waals surface area contributed by atoms with E-state index in [-0.39, 0.29) is 0 Å². The quantitative estimate of drug-likeness (QED) is 0.732. The van der Waals surface area contributed by atoms with Gasteiger partial charge in [0.05, 0.1) is 0 Å². The third kappa shape index (κ3) is 2.69. The van der Waals surface area contributed by atoms with Crippen LogP contribution in [0.15, 0.2) is 42.3 Å². The van der Waals surface area contributed by atoms with Gasteiger partial charge in [-0.15, -0.1) is 0 Å². The average Bonchev–Trinajstić information content (AvgIpc) is 2.22. The Morgan fingerprint density at radius 2 is 2.27 bits per heavy atom. The van der Waals surface area contributed by atoms with Gasteiger partial charge in [-0.3, -0.25) is 0 Å². The number of nitrogens with zero attached hydrogens (tertiary/aromatic N) is 1. The van der Waals surface area contributed by atoms with Crippen molar-refractivity contribution in [3.63, 3.8) is 0 Å². The molecule has 0 aromatic carbocycles. The minimum atomic E-state index is 0.551. The highest BCUT2D eigenvalue weighted by Gasteiger charge is 2.08. The second kappa shape index (κ2) is 4.30. The van der Waals surface area contributed by atoms with Crippen molar-refractivity contribution in [1.82, 2.24) is 4.98 Å². The predicted octanol–water partition coefficient (Wildman–Crippen LogP) is 3.25. The number of pyridine rings is 1. The van der Waals surface area contributed by atoms with E-state index in [0.717, 1.165) is 17.7 Å². The summed E-state index contributed by atoms with van der Waals surface area (Å²) in [5.41, 5.74) is 1.15. The van der Waals surface area contributed by atoms with E-state index < -0.39 is 0 Å². The summed E-state index contributed by atoms with van der Waals surface area (Å²) in [7, 11) is 0. The summed E-state index contributed by atoms with van der Waals surface area (Å²) in [4.78, 5) is 4.21. The fourth-order valence-corrected chi connectivity index (χ4v) is 1.53. The standard InChI is InChI=1S/C13H15NO/c1-10-4-3-5-12(8-10)15-13-7-6-11(2)9-14-13/h3-7,9-10H,8H2,1-2H3. The van der Waals surface area contributed by atoms with Crippen molar-refractivity contribution in [2.75, 3.05) is 0 Å². The van der Waals surface area contributed by atoms with Crippen LogP contribution < -0.4 is 4.74 Å². The van der Waals surface area contributed by atoms with Crippen molar-refractivity contribution < 1.29 is 4.74 Å². The zero-order valence-electron chi connectivity index (χ0n) is 9.10. The summed E-state index contributed by atoms with van der Waals surface area (Å²) in [6.45, 7) is 4.19. The Kier molecular flexibility index (Phi) is 2.86. The van der Waals surface area contributed by atoms with Crippen molar-refractivity contribution in [2.45, 2.75) is 20.3 Å². The Bertz CT molecular complexity index is 390. The Balaban J connectivity index is 2.06. The Hall–Kier alpha value is -1.57. The monoisotopic (exact) mass is 201 g/mol. The van der Waals surface area contributed by atoms with E-state index in [1.165, 1.54) is 0 Å². The van der Waals surface area contributed by atoms with E-state index in [4.69, 9.17) is 4.74 Å². The fraction of sp³-hybridized carbons (Fsp3) is 0.308. The molecule has 1 aromatic rings. The van der Waals surface area contributed by atoms with Crippen LogP contribution in [0.1, 0.15) is 18.9 Å². The molecule has 1 unspecified atom stereocenters. The topological polar surface area (TPSA) is 22.1 Å². The second-order valence-corrected chi connectivity index (χ2v) is 3.98. The van der Waals surface area contributed by atoms with E-state index in [1.54, 1.807) is 0 Å². The van der Waals surface area contributed by atoms with Crippen LogP contribution in [0.25, 0.3) is 0 Å². The first-order valence-electron chi connectivity index (χ1n) is 5.22. The Morgan fingerprint density at radius 1 is 1.40 bits per heavy atom. The van der Waals surface area contributed by atoms with Crippen LogP contribution in [-0.4, -0.2) is 4.98 Å². The lowest BCUT2D eigenvalue weighted by atomic mass is 10.0. The van der Waals surface area contributed by atoms with Gasteiger partial charge < -0.3 is 4.74 Å². The number of aryl methyl sites for hydroxylation is 1. The summed E-state index contributed by atoms with van der Waals surface area (Å²) in [5.74, 6) is 2.21. The van der Waals surface area contributed by atoms with Gasteiger partial charge >= 0.3 is 0 Å². The van der Waals surface area contributed by atoms with E-state index in [0.29, 0.717) is 11.8 Å². The predicted molar refractivity (Wildman–Crippen MR) is 60.6 cm³/mol. The molecule has 2 rings (SSSR count). The van der Waals surface area contributed by atoms with Crippen molar-refractivity contribution in [1.29, 1.82) is 0 Å². The van der Waals surface area contributed by atoms with Gasteiger partial charge in [0.15, 0.2) is 0 Å².